The second-order valence-corrected chi connectivity index (χ2v) is 6.78. The number of hydrogen-bond donors (Lipinski definition) is 1. The minimum atomic E-state index is -0.355. The topological polar surface area (TPSA) is 64.9 Å². The van der Waals surface area contributed by atoms with Gasteiger partial charge in [-0.3, -0.25) is 0 Å². The molecule has 0 spiro atoms. The highest BCUT2D eigenvalue weighted by Crippen LogP contribution is 2.43. The van der Waals surface area contributed by atoms with E-state index in [9.17, 15) is 0 Å². The first-order valence-corrected chi connectivity index (χ1v) is 7.84. The molecule has 21 heavy (non-hydrogen) atoms. The minimum absolute atomic E-state index is 0.180. The lowest BCUT2D eigenvalue weighted by molar-refractivity contribution is 0.227. The van der Waals surface area contributed by atoms with Gasteiger partial charge in [0.2, 0.25) is 5.89 Å². The molecule has 0 amide bonds. The van der Waals surface area contributed by atoms with Gasteiger partial charge in [-0.1, -0.05) is 29.4 Å². The molecule has 1 fully saturated rings. The zero-order chi connectivity index (χ0) is 14.5. The molecule has 4 rings (SSSR count). The maximum absolute atomic E-state index is 6.32. The van der Waals surface area contributed by atoms with Crippen LogP contribution >= 0.6 is 0 Å². The lowest BCUT2D eigenvalue weighted by Gasteiger charge is -2.35. The van der Waals surface area contributed by atoms with Gasteiger partial charge in [-0.2, -0.15) is 4.98 Å². The molecular formula is C17H21N3O. The molecule has 110 valence electrons. The number of nitrogens with two attached hydrogens (primary N) is 1. The summed E-state index contributed by atoms with van der Waals surface area (Å²) in [5, 5.41) is 4.19. The summed E-state index contributed by atoms with van der Waals surface area (Å²) in [4.78, 5) is 4.70. The molecule has 4 nitrogen and oxygen atoms in total. The zero-order valence-electron chi connectivity index (χ0n) is 12.4. The van der Waals surface area contributed by atoms with Crippen molar-refractivity contribution in [3.63, 3.8) is 0 Å². The number of aryl methyl sites for hydroxylation is 1. The zero-order valence-corrected chi connectivity index (χ0v) is 12.4. The number of benzene rings is 1. The number of aromatic nitrogens is 2. The summed E-state index contributed by atoms with van der Waals surface area (Å²) in [5.74, 6) is 1.41. The third-order valence-corrected chi connectivity index (χ3v) is 5.32. The third kappa shape index (κ3) is 1.85. The van der Waals surface area contributed by atoms with Crippen molar-refractivity contribution in [1.29, 1.82) is 0 Å². The average Bonchev–Trinajstić information content (AvgIpc) is 2.96. The van der Waals surface area contributed by atoms with Crippen molar-refractivity contribution < 1.29 is 4.52 Å². The Morgan fingerprint density at radius 2 is 1.95 bits per heavy atom. The van der Waals surface area contributed by atoms with Crippen LogP contribution in [0.2, 0.25) is 0 Å². The molecule has 1 aromatic heterocycles. The van der Waals surface area contributed by atoms with Crippen LogP contribution in [0.25, 0.3) is 0 Å². The second kappa shape index (κ2) is 4.41. The van der Waals surface area contributed by atoms with E-state index in [0.29, 0.717) is 5.82 Å². The lowest BCUT2D eigenvalue weighted by Crippen LogP contribution is -2.44. The summed E-state index contributed by atoms with van der Waals surface area (Å²) in [6, 6.07) is 8.60. The lowest BCUT2D eigenvalue weighted by atomic mass is 9.71. The van der Waals surface area contributed by atoms with Crippen molar-refractivity contribution in [3.8, 4) is 0 Å². The van der Waals surface area contributed by atoms with Crippen molar-refractivity contribution in [1.82, 2.24) is 10.1 Å². The van der Waals surface area contributed by atoms with E-state index in [4.69, 9.17) is 15.2 Å². The Morgan fingerprint density at radius 1 is 1.14 bits per heavy atom. The summed E-state index contributed by atoms with van der Waals surface area (Å²) < 4.78 is 5.64. The second-order valence-electron chi connectivity index (χ2n) is 6.78. The predicted octanol–water partition coefficient (Wildman–Crippen LogP) is 3.05. The molecule has 0 saturated heterocycles. The molecule has 4 heteroatoms. The van der Waals surface area contributed by atoms with Crippen LogP contribution in [0.15, 0.2) is 28.8 Å². The SMILES string of the molecule is CC1(c2nc(C3(N)CCC3)no2)CCCc2ccccc21. The Bertz CT molecular complexity index is 674. The van der Waals surface area contributed by atoms with Crippen molar-refractivity contribution >= 4 is 0 Å². The molecule has 2 aromatic rings. The van der Waals surface area contributed by atoms with Gasteiger partial charge in [-0.25, -0.2) is 0 Å². The highest BCUT2D eigenvalue weighted by atomic mass is 16.5. The number of nitrogens with zero attached hydrogens (tertiary/aromatic N) is 2. The van der Waals surface area contributed by atoms with Gasteiger partial charge >= 0.3 is 0 Å². The Labute approximate surface area is 124 Å². The van der Waals surface area contributed by atoms with E-state index >= 15 is 0 Å². The van der Waals surface area contributed by atoms with E-state index in [1.54, 1.807) is 0 Å². The number of rotatable bonds is 2. The molecule has 0 radical (unpaired) electrons. The van der Waals surface area contributed by atoms with Gasteiger partial charge in [0.05, 0.1) is 11.0 Å². The Kier molecular flexibility index (Phi) is 2.73. The van der Waals surface area contributed by atoms with Crippen LogP contribution in [0.1, 0.15) is 61.9 Å². The average molecular weight is 283 g/mol. The van der Waals surface area contributed by atoms with Crippen molar-refractivity contribution in [2.45, 2.75) is 56.4 Å². The summed E-state index contributed by atoms with van der Waals surface area (Å²) in [5.41, 5.74) is 8.51. The van der Waals surface area contributed by atoms with E-state index in [1.807, 2.05) is 0 Å². The molecule has 2 aliphatic carbocycles. The van der Waals surface area contributed by atoms with Crippen LogP contribution in [-0.4, -0.2) is 10.1 Å². The molecule has 0 bridgehead atoms. The third-order valence-electron chi connectivity index (χ3n) is 5.32. The van der Waals surface area contributed by atoms with Crippen molar-refractivity contribution in [2.75, 3.05) is 0 Å². The smallest absolute Gasteiger partial charge is 0.237 e. The summed E-state index contributed by atoms with van der Waals surface area (Å²) >= 11 is 0. The molecule has 1 atom stereocenters. The molecule has 2 N–H and O–H groups in total. The van der Waals surface area contributed by atoms with Gasteiger partial charge in [0.15, 0.2) is 5.82 Å². The normalized spacial score (nSPS) is 27.0. The van der Waals surface area contributed by atoms with E-state index in [-0.39, 0.29) is 11.0 Å². The van der Waals surface area contributed by atoms with Gasteiger partial charge in [0.25, 0.3) is 0 Å². The Morgan fingerprint density at radius 3 is 2.71 bits per heavy atom. The van der Waals surface area contributed by atoms with Gasteiger partial charge in [0.1, 0.15) is 0 Å². The van der Waals surface area contributed by atoms with E-state index in [2.05, 4.69) is 36.3 Å². The molecule has 1 aromatic carbocycles. The highest BCUT2D eigenvalue weighted by molar-refractivity contribution is 5.40. The van der Waals surface area contributed by atoms with E-state index < -0.39 is 0 Å². The fourth-order valence-electron chi connectivity index (χ4n) is 3.70. The summed E-state index contributed by atoms with van der Waals surface area (Å²) in [6.45, 7) is 2.21. The minimum Gasteiger partial charge on any atom is -0.338 e. The molecule has 1 saturated carbocycles. The van der Waals surface area contributed by atoms with E-state index in [0.717, 1.165) is 44.4 Å². The first kappa shape index (κ1) is 13.0. The van der Waals surface area contributed by atoms with Gasteiger partial charge in [0, 0.05) is 0 Å². The van der Waals surface area contributed by atoms with Crippen molar-refractivity contribution in [2.24, 2.45) is 5.73 Å². The van der Waals surface area contributed by atoms with Crippen LogP contribution < -0.4 is 5.73 Å². The van der Waals surface area contributed by atoms with Crippen LogP contribution in [0.3, 0.4) is 0 Å². The largest absolute Gasteiger partial charge is 0.338 e. The van der Waals surface area contributed by atoms with Crippen LogP contribution in [0, 0.1) is 0 Å². The monoisotopic (exact) mass is 283 g/mol. The maximum Gasteiger partial charge on any atom is 0.237 e. The van der Waals surface area contributed by atoms with Gasteiger partial charge in [-0.05, 0) is 56.6 Å². The van der Waals surface area contributed by atoms with Gasteiger partial charge in [-0.15, -0.1) is 0 Å². The summed E-state index contributed by atoms with van der Waals surface area (Å²) in [7, 11) is 0. The quantitative estimate of drug-likeness (QED) is 0.920. The first-order valence-electron chi connectivity index (χ1n) is 7.84. The highest BCUT2D eigenvalue weighted by Gasteiger charge is 2.43. The van der Waals surface area contributed by atoms with Crippen LogP contribution in [0.5, 0.6) is 0 Å². The van der Waals surface area contributed by atoms with Crippen molar-refractivity contribution in [3.05, 3.63) is 47.1 Å². The maximum atomic E-state index is 6.32. The standard InChI is InChI=1S/C17H21N3O/c1-16(9-4-7-12-6-2-3-8-13(12)16)15-19-14(20-21-15)17(18)10-5-11-17/h2-3,6,8H,4-5,7,9-11,18H2,1H3. The van der Waals surface area contributed by atoms with Crippen LogP contribution in [-0.2, 0) is 17.4 Å². The Balaban J connectivity index is 1.76. The first-order chi connectivity index (χ1) is 10.1. The Hall–Kier alpha value is -1.68. The number of fused-ring (bicyclic) bond motifs is 1. The molecule has 1 heterocycles. The molecule has 2 aliphatic rings. The fraction of sp³-hybridized carbons (Fsp3) is 0.529. The fourth-order valence-corrected chi connectivity index (χ4v) is 3.70. The molecule has 0 aliphatic heterocycles. The number of hydrogen-bond acceptors (Lipinski definition) is 4. The van der Waals surface area contributed by atoms with E-state index in [1.165, 1.54) is 11.1 Å². The predicted molar refractivity (Wildman–Crippen MR) is 79.8 cm³/mol. The van der Waals surface area contributed by atoms with Gasteiger partial charge < -0.3 is 10.3 Å². The summed E-state index contributed by atoms with van der Waals surface area (Å²) in [6.07, 6.45) is 6.40. The molecular weight excluding hydrogens is 262 g/mol. The molecule has 1 unspecified atom stereocenters. The van der Waals surface area contributed by atoms with Crippen LogP contribution in [0.4, 0.5) is 0 Å².